The molecule has 0 aliphatic carbocycles. The van der Waals surface area contributed by atoms with E-state index in [2.05, 4.69) is 25.7 Å². The lowest BCUT2D eigenvalue weighted by Crippen LogP contribution is -2.30. The molecule has 0 saturated heterocycles. The standard InChI is InChI=1S/C8H18ClN.ClH/c1-4-7-8(9)10(5-2)6-3;/h8H,4-7H2,1-3H3;1H. The summed E-state index contributed by atoms with van der Waals surface area (Å²) in [5.41, 5.74) is 0.250. The maximum Gasteiger partial charge on any atom is 0.0850 e. The van der Waals surface area contributed by atoms with E-state index < -0.39 is 0 Å². The van der Waals surface area contributed by atoms with Crippen LogP contribution >= 0.6 is 24.0 Å². The summed E-state index contributed by atoms with van der Waals surface area (Å²) in [6.07, 6.45) is 2.27. The highest BCUT2D eigenvalue weighted by Gasteiger charge is 2.09. The molecule has 1 nitrogen and oxygen atoms in total. The molecule has 0 fully saturated rings. The second kappa shape index (κ2) is 8.63. The van der Waals surface area contributed by atoms with Gasteiger partial charge in [-0.3, -0.25) is 4.90 Å². The van der Waals surface area contributed by atoms with E-state index in [0.717, 1.165) is 19.5 Å². The summed E-state index contributed by atoms with van der Waals surface area (Å²) in [6.45, 7) is 8.58. The molecular weight excluding hydrogens is 181 g/mol. The van der Waals surface area contributed by atoms with E-state index in [4.69, 9.17) is 11.6 Å². The fourth-order valence-corrected chi connectivity index (χ4v) is 1.53. The van der Waals surface area contributed by atoms with Crippen LogP contribution in [0.1, 0.15) is 33.6 Å². The molecule has 0 amide bonds. The molecule has 0 bridgehead atoms. The van der Waals surface area contributed by atoms with Gasteiger partial charge >= 0.3 is 0 Å². The molecule has 11 heavy (non-hydrogen) atoms. The van der Waals surface area contributed by atoms with Gasteiger partial charge in [0.1, 0.15) is 0 Å². The summed E-state index contributed by atoms with van der Waals surface area (Å²) in [5.74, 6) is 0. The lowest BCUT2D eigenvalue weighted by molar-refractivity contribution is 0.268. The van der Waals surface area contributed by atoms with Crippen LogP contribution in [-0.4, -0.2) is 23.5 Å². The van der Waals surface area contributed by atoms with E-state index in [-0.39, 0.29) is 17.9 Å². The number of alkyl halides is 1. The molecule has 0 rings (SSSR count). The summed E-state index contributed by atoms with van der Waals surface area (Å²) in [6, 6.07) is 0. The van der Waals surface area contributed by atoms with Crippen LogP contribution in [0, 0.1) is 0 Å². The molecule has 0 spiro atoms. The monoisotopic (exact) mass is 199 g/mol. The van der Waals surface area contributed by atoms with E-state index in [1.54, 1.807) is 0 Å². The van der Waals surface area contributed by atoms with Crippen molar-refractivity contribution < 1.29 is 0 Å². The number of halogens is 2. The average molecular weight is 200 g/mol. The lowest BCUT2D eigenvalue weighted by Gasteiger charge is -2.23. The zero-order chi connectivity index (χ0) is 7.98. The van der Waals surface area contributed by atoms with Crippen LogP contribution in [0.15, 0.2) is 0 Å². The zero-order valence-corrected chi connectivity index (χ0v) is 9.21. The Kier molecular flexibility index (Phi) is 11.1. The second-order valence-corrected chi connectivity index (χ2v) is 2.95. The zero-order valence-electron chi connectivity index (χ0n) is 7.64. The van der Waals surface area contributed by atoms with Crippen molar-refractivity contribution in [2.45, 2.75) is 39.1 Å². The largest absolute Gasteiger partial charge is 0.288 e. The minimum atomic E-state index is 0. The maximum absolute atomic E-state index is 6.07. The Labute approximate surface area is 81.5 Å². The Morgan fingerprint density at radius 3 is 1.91 bits per heavy atom. The van der Waals surface area contributed by atoms with E-state index in [0.29, 0.717) is 0 Å². The molecule has 0 N–H and O–H groups in total. The topological polar surface area (TPSA) is 3.24 Å². The Morgan fingerprint density at radius 2 is 1.64 bits per heavy atom. The van der Waals surface area contributed by atoms with Crippen LogP contribution < -0.4 is 0 Å². The highest BCUT2D eigenvalue weighted by atomic mass is 35.5. The first kappa shape index (κ1) is 14.1. The number of hydrogen-bond donors (Lipinski definition) is 0. The minimum absolute atomic E-state index is 0. The summed E-state index contributed by atoms with van der Waals surface area (Å²) >= 11 is 6.07. The fourth-order valence-electron chi connectivity index (χ4n) is 1.04. The van der Waals surface area contributed by atoms with Gasteiger partial charge in [-0.05, 0) is 19.5 Å². The Hall–Kier alpha value is 0.540. The first-order valence-corrected chi connectivity index (χ1v) is 4.57. The minimum Gasteiger partial charge on any atom is -0.288 e. The van der Waals surface area contributed by atoms with Crippen LogP contribution in [0.2, 0.25) is 0 Å². The number of nitrogens with zero attached hydrogens (tertiary/aromatic N) is 1. The third-order valence-electron chi connectivity index (χ3n) is 1.74. The summed E-state index contributed by atoms with van der Waals surface area (Å²) in [5, 5.41) is 0. The van der Waals surface area contributed by atoms with Gasteiger partial charge in [-0.15, -0.1) is 24.0 Å². The SMILES string of the molecule is CCCC(Cl)N(CC)CC.Cl. The molecular formula is C8H19Cl2N. The van der Waals surface area contributed by atoms with Crippen molar-refractivity contribution in [2.75, 3.05) is 13.1 Å². The Balaban J connectivity index is 0. The fraction of sp³-hybridized carbons (Fsp3) is 1.00. The Morgan fingerprint density at radius 1 is 1.18 bits per heavy atom. The lowest BCUT2D eigenvalue weighted by atomic mass is 10.3. The Bertz CT molecular complexity index is 74.5. The van der Waals surface area contributed by atoms with Crippen molar-refractivity contribution in [3.8, 4) is 0 Å². The maximum atomic E-state index is 6.07. The summed E-state index contributed by atoms with van der Waals surface area (Å²) in [7, 11) is 0. The second-order valence-electron chi connectivity index (χ2n) is 2.44. The van der Waals surface area contributed by atoms with Crippen LogP contribution in [0.3, 0.4) is 0 Å². The van der Waals surface area contributed by atoms with Crippen molar-refractivity contribution >= 4 is 24.0 Å². The van der Waals surface area contributed by atoms with E-state index >= 15 is 0 Å². The van der Waals surface area contributed by atoms with E-state index in [1.807, 2.05) is 0 Å². The van der Waals surface area contributed by atoms with Gasteiger partial charge < -0.3 is 0 Å². The normalized spacial score (nSPS) is 12.8. The van der Waals surface area contributed by atoms with Crippen LogP contribution in [-0.2, 0) is 0 Å². The van der Waals surface area contributed by atoms with Gasteiger partial charge in [0.15, 0.2) is 0 Å². The van der Waals surface area contributed by atoms with Gasteiger partial charge in [0, 0.05) is 0 Å². The van der Waals surface area contributed by atoms with Crippen LogP contribution in [0.25, 0.3) is 0 Å². The van der Waals surface area contributed by atoms with Gasteiger partial charge in [0.25, 0.3) is 0 Å². The quantitative estimate of drug-likeness (QED) is 0.486. The predicted molar refractivity (Wildman–Crippen MR) is 54.7 cm³/mol. The molecule has 70 valence electrons. The smallest absolute Gasteiger partial charge is 0.0850 e. The molecule has 1 unspecified atom stereocenters. The summed E-state index contributed by atoms with van der Waals surface area (Å²) in [4.78, 5) is 2.27. The van der Waals surface area contributed by atoms with Gasteiger partial charge in [-0.2, -0.15) is 0 Å². The molecule has 0 aromatic rings. The predicted octanol–water partition coefficient (Wildman–Crippen LogP) is 3.12. The molecule has 0 saturated carbocycles. The van der Waals surface area contributed by atoms with Crippen molar-refractivity contribution in [2.24, 2.45) is 0 Å². The molecule has 3 heteroatoms. The molecule has 0 radical (unpaired) electrons. The van der Waals surface area contributed by atoms with Gasteiger partial charge in [0.2, 0.25) is 0 Å². The first-order chi connectivity index (χ1) is 4.76. The molecule has 0 heterocycles. The van der Waals surface area contributed by atoms with E-state index in [9.17, 15) is 0 Å². The van der Waals surface area contributed by atoms with Gasteiger partial charge in [-0.25, -0.2) is 0 Å². The van der Waals surface area contributed by atoms with Crippen molar-refractivity contribution in [1.82, 2.24) is 4.90 Å². The van der Waals surface area contributed by atoms with Crippen LogP contribution in [0.4, 0.5) is 0 Å². The molecule has 0 aromatic carbocycles. The average Bonchev–Trinajstić information content (AvgIpc) is 1.91. The van der Waals surface area contributed by atoms with Crippen molar-refractivity contribution in [1.29, 1.82) is 0 Å². The third-order valence-corrected chi connectivity index (χ3v) is 2.23. The molecule has 1 atom stereocenters. The van der Waals surface area contributed by atoms with Gasteiger partial charge in [-0.1, -0.05) is 27.2 Å². The highest BCUT2D eigenvalue weighted by Crippen LogP contribution is 2.09. The number of hydrogen-bond acceptors (Lipinski definition) is 1. The van der Waals surface area contributed by atoms with Gasteiger partial charge in [0.05, 0.1) is 5.50 Å². The first-order valence-electron chi connectivity index (χ1n) is 4.14. The van der Waals surface area contributed by atoms with E-state index in [1.165, 1.54) is 6.42 Å². The van der Waals surface area contributed by atoms with Crippen molar-refractivity contribution in [3.05, 3.63) is 0 Å². The third kappa shape index (κ3) is 5.77. The van der Waals surface area contributed by atoms with Crippen molar-refractivity contribution in [3.63, 3.8) is 0 Å². The number of rotatable bonds is 5. The van der Waals surface area contributed by atoms with Crippen LogP contribution in [0.5, 0.6) is 0 Å². The molecule has 0 aromatic heterocycles. The molecule has 0 aliphatic rings. The summed E-state index contributed by atoms with van der Waals surface area (Å²) < 4.78 is 0. The highest BCUT2D eigenvalue weighted by molar-refractivity contribution is 6.20. The molecule has 0 aliphatic heterocycles.